The van der Waals surface area contributed by atoms with E-state index in [0.29, 0.717) is 13.1 Å². The van der Waals surface area contributed by atoms with Crippen molar-refractivity contribution in [2.24, 2.45) is 0 Å². The van der Waals surface area contributed by atoms with Gasteiger partial charge in [-0.25, -0.2) is 0 Å². The molecule has 1 saturated heterocycles. The molecule has 0 unspecified atom stereocenters. The van der Waals surface area contributed by atoms with Gasteiger partial charge in [-0.15, -0.1) is 11.3 Å². The average Bonchev–Trinajstić information content (AvgIpc) is 3.08. The van der Waals surface area contributed by atoms with Gasteiger partial charge in [-0.2, -0.15) is 0 Å². The highest BCUT2D eigenvalue weighted by atomic mass is 35.5. The Labute approximate surface area is 169 Å². The third kappa shape index (κ3) is 6.21. The van der Waals surface area contributed by atoms with Gasteiger partial charge in [0.25, 0.3) is 0 Å². The van der Waals surface area contributed by atoms with Gasteiger partial charge in [0.05, 0.1) is 18.0 Å². The van der Waals surface area contributed by atoms with Crippen LogP contribution in [0.2, 0.25) is 4.34 Å². The minimum absolute atomic E-state index is 0.0865. The van der Waals surface area contributed by atoms with Gasteiger partial charge in [0.2, 0.25) is 5.91 Å². The number of amides is 1. The van der Waals surface area contributed by atoms with Gasteiger partial charge >= 0.3 is 0 Å². The molecule has 0 radical (unpaired) electrons. The number of hydrogen-bond acceptors (Lipinski definition) is 5. The molecule has 27 heavy (non-hydrogen) atoms. The molecule has 3 rings (SSSR count). The molecule has 1 aromatic carbocycles. The van der Waals surface area contributed by atoms with Gasteiger partial charge in [-0.3, -0.25) is 14.6 Å². The first kappa shape index (κ1) is 20.1. The quantitative estimate of drug-likeness (QED) is 0.730. The van der Waals surface area contributed by atoms with Crippen molar-refractivity contribution in [3.8, 4) is 5.75 Å². The summed E-state index contributed by atoms with van der Waals surface area (Å²) in [6.07, 6.45) is 0.771. The zero-order chi connectivity index (χ0) is 19.1. The average molecular weight is 408 g/mol. The van der Waals surface area contributed by atoms with Crippen LogP contribution in [0.4, 0.5) is 0 Å². The lowest BCUT2D eigenvalue weighted by molar-refractivity contribution is -0.122. The van der Waals surface area contributed by atoms with Crippen LogP contribution in [0.1, 0.15) is 10.4 Å². The second-order valence-corrected chi connectivity index (χ2v) is 8.47. The van der Waals surface area contributed by atoms with Gasteiger partial charge in [-0.1, -0.05) is 29.8 Å². The summed E-state index contributed by atoms with van der Waals surface area (Å²) in [5.41, 5.74) is 1.11. The van der Waals surface area contributed by atoms with Crippen LogP contribution in [0.5, 0.6) is 5.75 Å². The number of piperazine rings is 1. The van der Waals surface area contributed by atoms with Crippen LogP contribution in [0, 0.1) is 0 Å². The Morgan fingerprint density at radius 1 is 1.15 bits per heavy atom. The molecular formula is C20H26ClN3O2S. The Morgan fingerprint density at radius 3 is 2.59 bits per heavy atom. The molecular weight excluding hydrogens is 382 g/mol. The van der Waals surface area contributed by atoms with Crippen molar-refractivity contribution in [1.82, 2.24) is 15.1 Å². The maximum Gasteiger partial charge on any atom is 0.234 e. The summed E-state index contributed by atoms with van der Waals surface area (Å²) in [4.78, 5) is 18.1. The molecule has 0 spiro atoms. The molecule has 0 aliphatic carbocycles. The summed E-state index contributed by atoms with van der Waals surface area (Å²) in [7, 11) is 1.67. The zero-order valence-electron chi connectivity index (χ0n) is 15.6. The minimum Gasteiger partial charge on any atom is -0.496 e. The molecule has 146 valence electrons. The SMILES string of the molecule is COc1ccccc1CCNC(=O)CN1CCN(Cc2ccc(Cl)s2)CC1. The van der Waals surface area contributed by atoms with Gasteiger partial charge in [0.15, 0.2) is 0 Å². The van der Waals surface area contributed by atoms with E-state index in [2.05, 4.69) is 21.2 Å². The first-order valence-corrected chi connectivity index (χ1v) is 10.4. The lowest BCUT2D eigenvalue weighted by Gasteiger charge is -2.34. The third-order valence-corrected chi connectivity index (χ3v) is 5.97. The number of carbonyl (C=O) groups is 1. The summed E-state index contributed by atoms with van der Waals surface area (Å²) >= 11 is 7.64. The van der Waals surface area contributed by atoms with Crippen LogP contribution >= 0.6 is 22.9 Å². The number of hydrogen-bond donors (Lipinski definition) is 1. The van der Waals surface area contributed by atoms with E-state index in [1.165, 1.54) is 4.88 Å². The smallest absolute Gasteiger partial charge is 0.234 e. The molecule has 1 aromatic heterocycles. The summed E-state index contributed by atoms with van der Waals surface area (Å²) in [6.45, 7) is 5.81. The number of rotatable bonds is 8. The topological polar surface area (TPSA) is 44.8 Å². The number of carbonyl (C=O) groups excluding carboxylic acids is 1. The van der Waals surface area contributed by atoms with E-state index in [1.54, 1.807) is 18.4 Å². The Morgan fingerprint density at radius 2 is 1.89 bits per heavy atom. The van der Waals surface area contributed by atoms with E-state index in [-0.39, 0.29) is 5.91 Å². The fraction of sp³-hybridized carbons (Fsp3) is 0.450. The van der Waals surface area contributed by atoms with Crippen LogP contribution in [0.25, 0.3) is 0 Å². The molecule has 1 amide bonds. The predicted molar refractivity (Wildman–Crippen MR) is 111 cm³/mol. The summed E-state index contributed by atoms with van der Waals surface area (Å²) in [5.74, 6) is 0.957. The monoisotopic (exact) mass is 407 g/mol. The number of methoxy groups -OCH3 is 1. The number of nitrogens with zero attached hydrogens (tertiary/aromatic N) is 2. The van der Waals surface area contributed by atoms with E-state index >= 15 is 0 Å². The van der Waals surface area contributed by atoms with Crippen molar-refractivity contribution < 1.29 is 9.53 Å². The normalized spacial score (nSPS) is 15.6. The number of halogens is 1. The fourth-order valence-corrected chi connectivity index (χ4v) is 4.40. The van der Waals surface area contributed by atoms with E-state index < -0.39 is 0 Å². The number of para-hydroxylation sites is 1. The highest BCUT2D eigenvalue weighted by molar-refractivity contribution is 7.16. The van der Waals surface area contributed by atoms with Gasteiger partial charge < -0.3 is 10.1 Å². The maximum atomic E-state index is 12.2. The predicted octanol–water partition coefficient (Wildman–Crippen LogP) is 2.89. The number of nitrogens with one attached hydrogen (secondary N) is 1. The molecule has 1 aliphatic heterocycles. The van der Waals surface area contributed by atoms with Crippen LogP contribution in [0.3, 0.4) is 0 Å². The Balaban J connectivity index is 1.34. The Hall–Kier alpha value is -1.60. The third-order valence-electron chi connectivity index (χ3n) is 4.75. The van der Waals surface area contributed by atoms with Crippen molar-refractivity contribution >= 4 is 28.8 Å². The van der Waals surface area contributed by atoms with Crippen LogP contribution in [-0.2, 0) is 17.8 Å². The molecule has 5 nitrogen and oxygen atoms in total. The van der Waals surface area contributed by atoms with Crippen molar-refractivity contribution in [2.75, 3.05) is 46.4 Å². The molecule has 2 aromatic rings. The first-order valence-electron chi connectivity index (χ1n) is 9.21. The second-order valence-electron chi connectivity index (χ2n) is 6.67. The number of thiophene rings is 1. The highest BCUT2D eigenvalue weighted by Crippen LogP contribution is 2.23. The van der Waals surface area contributed by atoms with Gasteiger partial charge in [-0.05, 0) is 30.2 Å². The van der Waals surface area contributed by atoms with Crippen molar-refractivity contribution in [2.45, 2.75) is 13.0 Å². The van der Waals surface area contributed by atoms with Gasteiger partial charge in [0.1, 0.15) is 5.75 Å². The summed E-state index contributed by atoms with van der Waals surface area (Å²) in [5, 5.41) is 3.02. The molecule has 1 aliphatic rings. The summed E-state index contributed by atoms with van der Waals surface area (Å²) in [6, 6.07) is 12.0. The Kier molecular flexibility index (Phi) is 7.52. The molecule has 0 atom stereocenters. The largest absolute Gasteiger partial charge is 0.496 e. The fourth-order valence-electron chi connectivity index (χ4n) is 3.27. The van der Waals surface area contributed by atoms with E-state index in [9.17, 15) is 4.79 Å². The van der Waals surface area contributed by atoms with Crippen LogP contribution in [0.15, 0.2) is 36.4 Å². The standard InChI is InChI=1S/C20H26ClN3O2S/c1-26-18-5-3-2-4-16(18)8-9-22-20(25)15-24-12-10-23(11-13-24)14-17-6-7-19(21)27-17/h2-7H,8-15H2,1H3,(H,22,25). The van der Waals surface area contributed by atoms with Gasteiger partial charge in [0, 0.05) is 44.1 Å². The van der Waals surface area contributed by atoms with E-state index in [1.807, 2.05) is 30.3 Å². The van der Waals surface area contributed by atoms with E-state index in [0.717, 1.165) is 54.8 Å². The summed E-state index contributed by atoms with van der Waals surface area (Å²) < 4.78 is 6.19. The zero-order valence-corrected chi connectivity index (χ0v) is 17.2. The molecule has 0 saturated carbocycles. The second kappa shape index (κ2) is 10.1. The number of benzene rings is 1. The van der Waals surface area contributed by atoms with E-state index in [4.69, 9.17) is 16.3 Å². The van der Waals surface area contributed by atoms with Crippen molar-refractivity contribution in [3.63, 3.8) is 0 Å². The molecule has 1 fully saturated rings. The minimum atomic E-state index is 0.0865. The molecule has 2 heterocycles. The Bertz CT molecular complexity index is 744. The molecule has 7 heteroatoms. The lowest BCUT2D eigenvalue weighted by atomic mass is 10.1. The van der Waals surface area contributed by atoms with Crippen LogP contribution < -0.4 is 10.1 Å². The maximum absolute atomic E-state index is 12.2. The van der Waals surface area contributed by atoms with Crippen molar-refractivity contribution in [3.05, 3.63) is 51.2 Å². The first-order chi connectivity index (χ1) is 13.1. The lowest BCUT2D eigenvalue weighted by Crippen LogP contribution is -2.49. The number of ether oxygens (including phenoxy) is 1. The van der Waals surface area contributed by atoms with Crippen molar-refractivity contribution in [1.29, 1.82) is 0 Å². The molecule has 0 bridgehead atoms. The van der Waals surface area contributed by atoms with Crippen LogP contribution in [-0.4, -0.2) is 62.1 Å². The molecule has 1 N–H and O–H groups in total. The highest BCUT2D eigenvalue weighted by Gasteiger charge is 2.19.